The highest BCUT2D eigenvalue weighted by Gasteiger charge is 2.26. The van der Waals surface area contributed by atoms with E-state index in [1.165, 1.54) is 5.56 Å². The van der Waals surface area contributed by atoms with Gasteiger partial charge in [0, 0.05) is 49.2 Å². The maximum Gasteiger partial charge on any atom is 0.254 e. The number of aromatic nitrogens is 3. The maximum absolute atomic E-state index is 13.2. The molecule has 1 saturated heterocycles. The van der Waals surface area contributed by atoms with Crippen LogP contribution in [0.1, 0.15) is 15.9 Å². The number of aryl methyl sites for hydroxylation is 1. The van der Waals surface area contributed by atoms with Crippen molar-refractivity contribution in [2.24, 2.45) is 0 Å². The van der Waals surface area contributed by atoms with E-state index >= 15 is 0 Å². The molecule has 2 aromatic heterocycles. The van der Waals surface area contributed by atoms with Crippen molar-refractivity contribution in [3.05, 3.63) is 103 Å². The Morgan fingerprint density at radius 3 is 2.37 bits per heavy atom. The first-order valence-electron chi connectivity index (χ1n) is 12.8. The van der Waals surface area contributed by atoms with Crippen molar-refractivity contribution in [3.63, 3.8) is 0 Å². The zero-order valence-electron chi connectivity index (χ0n) is 21.5. The zero-order valence-corrected chi connectivity index (χ0v) is 21.5. The number of amides is 1. The van der Waals surface area contributed by atoms with E-state index in [4.69, 9.17) is 14.7 Å². The molecule has 0 aliphatic carbocycles. The molecular formula is C31H29N5O2. The van der Waals surface area contributed by atoms with Gasteiger partial charge in [-0.05, 0) is 42.8 Å². The summed E-state index contributed by atoms with van der Waals surface area (Å²) < 4.78 is 7.44. The third-order valence-electron chi connectivity index (χ3n) is 7.14. The summed E-state index contributed by atoms with van der Waals surface area (Å²) >= 11 is 0. The van der Waals surface area contributed by atoms with Crippen molar-refractivity contribution in [1.29, 1.82) is 0 Å². The summed E-state index contributed by atoms with van der Waals surface area (Å²) in [7, 11) is 1.61. The summed E-state index contributed by atoms with van der Waals surface area (Å²) in [5, 5.41) is 1.02. The fraction of sp³-hybridized carbons (Fsp3) is 0.194. The van der Waals surface area contributed by atoms with Crippen LogP contribution in [0.4, 0.5) is 5.82 Å². The van der Waals surface area contributed by atoms with Gasteiger partial charge in [0.15, 0.2) is 5.65 Å². The van der Waals surface area contributed by atoms with Gasteiger partial charge in [0.05, 0.1) is 12.5 Å². The number of anilines is 1. The smallest absolute Gasteiger partial charge is 0.254 e. The lowest BCUT2D eigenvalue weighted by Crippen LogP contribution is -2.49. The van der Waals surface area contributed by atoms with Crippen molar-refractivity contribution in [2.75, 3.05) is 38.2 Å². The Bertz CT molecular complexity index is 1590. The molecule has 38 heavy (non-hydrogen) atoms. The molecule has 0 radical (unpaired) electrons. The molecule has 1 fully saturated rings. The topological polar surface area (TPSA) is 63.5 Å². The van der Waals surface area contributed by atoms with Crippen molar-refractivity contribution in [1.82, 2.24) is 19.4 Å². The van der Waals surface area contributed by atoms with Gasteiger partial charge < -0.3 is 19.1 Å². The first-order chi connectivity index (χ1) is 18.6. The average Bonchev–Trinajstić information content (AvgIpc) is 3.38. The van der Waals surface area contributed by atoms with Gasteiger partial charge in [0.2, 0.25) is 0 Å². The third kappa shape index (κ3) is 4.36. The summed E-state index contributed by atoms with van der Waals surface area (Å²) in [5.41, 5.74) is 5.99. The number of hydrogen-bond acceptors (Lipinski definition) is 5. The number of ether oxygens (including phenoxy) is 1. The van der Waals surface area contributed by atoms with Crippen LogP contribution >= 0.6 is 0 Å². The van der Waals surface area contributed by atoms with Crippen LogP contribution in [0.2, 0.25) is 0 Å². The second-order valence-corrected chi connectivity index (χ2v) is 9.52. The van der Waals surface area contributed by atoms with Gasteiger partial charge in [-0.2, -0.15) is 0 Å². The highest BCUT2D eigenvalue weighted by Crippen LogP contribution is 2.37. The number of carbonyl (C=O) groups is 1. The lowest BCUT2D eigenvalue weighted by molar-refractivity contribution is 0.0746. The standard InChI is InChI=1S/C31H29N5O2/c1-22-11-13-25(14-12-22)36-20-27(23-7-4-3-5-8-23)28-29(32-21-33-30(28)36)34-15-17-35(18-16-34)31(37)24-9-6-10-26(19-24)38-2/h3-14,19-21H,15-18H2,1-2H3. The molecule has 1 aliphatic heterocycles. The molecule has 1 amide bonds. The van der Waals surface area contributed by atoms with Crippen LogP contribution in [-0.4, -0.2) is 58.6 Å². The van der Waals surface area contributed by atoms with E-state index in [0.717, 1.165) is 33.7 Å². The first-order valence-corrected chi connectivity index (χ1v) is 12.8. The summed E-state index contributed by atoms with van der Waals surface area (Å²) in [5.74, 6) is 1.60. The Balaban J connectivity index is 1.35. The zero-order chi connectivity index (χ0) is 26.1. The van der Waals surface area contributed by atoms with Crippen LogP contribution in [0.25, 0.3) is 27.8 Å². The number of methoxy groups -OCH3 is 1. The van der Waals surface area contributed by atoms with Crippen LogP contribution in [0.15, 0.2) is 91.4 Å². The molecule has 6 rings (SSSR count). The van der Waals surface area contributed by atoms with Crippen molar-refractivity contribution >= 4 is 22.8 Å². The number of benzene rings is 3. The number of hydrogen-bond donors (Lipinski definition) is 0. The molecule has 0 spiro atoms. The van der Waals surface area contributed by atoms with Crippen LogP contribution in [0.5, 0.6) is 5.75 Å². The van der Waals surface area contributed by atoms with Gasteiger partial charge >= 0.3 is 0 Å². The fourth-order valence-corrected chi connectivity index (χ4v) is 5.08. The van der Waals surface area contributed by atoms with Gasteiger partial charge in [0.25, 0.3) is 5.91 Å². The van der Waals surface area contributed by atoms with Gasteiger partial charge in [-0.3, -0.25) is 4.79 Å². The third-order valence-corrected chi connectivity index (χ3v) is 7.14. The lowest BCUT2D eigenvalue weighted by atomic mass is 10.1. The monoisotopic (exact) mass is 503 g/mol. The largest absolute Gasteiger partial charge is 0.497 e. The molecule has 5 aromatic rings. The predicted octanol–water partition coefficient (Wildman–Crippen LogP) is 5.37. The van der Waals surface area contributed by atoms with E-state index < -0.39 is 0 Å². The molecule has 3 heterocycles. The number of rotatable bonds is 5. The molecule has 0 unspecified atom stereocenters. The van der Waals surface area contributed by atoms with E-state index in [0.29, 0.717) is 37.5 Å². The maximum atomic E-state index is 13.2. The molecule has 0 saturated carbocycles. The Morgan fingerprint density at radius 1 is 0.868 bits per heavy atom. The lowest BCUT2D eigenvalue weighted by Gasteiger charge is -2.35. The first kappa shape index (κ1) is 23.7. The molecular weight excluding hydrogens is 474 g/mol. The minimum atomic E-state index is 0.0203. The molecule has 0 bridgehead atoms. The minimum absolute atomic E-state index is 0.0203. The van der Waals surface area contributed by atoms with E-state index in [1.807, 2.05) is 29.2 Å². The van der Waals surface area contributed by atoms with Crippen molar-refractivity contribution < 1.29 is 9.53 Å². The summed E-state index contributed by atoms with van der Waals surface area (Å²) in [6.45, 7) is 4.69. The normalized spacial score (nSPS) is 13.6. The van der Waals surface area contributed by atoms with Crippen molar-refractivity contribution in [2.45, 2.75) is 6.92 Å². The van der Waals surface area contributed by atoms with Gasteiger partial charge in [0.1, 0.15) is 17.9 Å². The molecule has 0 N–H and O–H groups in total. The predicted molar refractivity (Wildman–Crippen MR) is 150 cm³/mol. The molecule has 1 aliphatic rings. The highest BCUT2D eigenvalue weighted by molar-refractivity contribution is 6.02. The number of fused-ring (bicyclic) bond motifs is 1. The molecule has 0 atom stereocenters. The molecule has 7 nitrogen and oxygen atoms in total. The van der Waals surface area contributed by atoms with E-state index in [2.05, 4.69) is 71.1 Å². The average molecular weight is 504 g/mol. The Hall–Kier alpha value is -4.65. The Kier molecular flexibility index (Phi) is 6.25. The second kappa shape index (κ2) is 10.0. The number of nitrogens with zero attached hydrogens (tertiary/aromatic N) is 5. The number of carbonyl (C=O) groups excluding carboxylic acids is 1. The Labute approximate surface area is 221 Å². The number of piperazine rings is 1. The summed E-state index contributed by atoms with van der Waals surface area (Å²) in [4.78, 5) is 26.8. The molecule has 7 heteroatoms. The van der Waals surface area contributed by atoms with E-state index in [1.54, 1.807) is 19.5 Å². The van der Waals surface area contributed by atoms with Crippen molar-refractivity contribution in [3.8, 4) is 22.6 Å². The summed E-state index contributed by atoms with van der Waals surface area (Å²) in [6, 6.07) is 26.2. The fourth-order valence-electron chi connectivity index (χ4n) is 5.08. The van der Waals surface area contributed by atoms with Crippen LogP contribution in [-0.2, 0) is 0 Å². The van der Waals surface area contributed by atoms with Gasteiger partial charge in [-0.1, -0.05) is 54.1 Å². The van der Waals surface area contributed by atoms with Crippen LogP contribution in [0.3, 0.4) is 0 Å². The van der Waals surface area contributed by atoms with Crippen LogP contribution < -0.4 is 9.64 Å². The molecule has 190 valence electrons. The quantitative estimate of drug-likeness (QED) is 0.323. The SMILES string of the molecule is COc1cccc(C(=O)N2CCN(c3ncnc4c3c(-c3ccccc3)cn4-c3ccc(C)cc3)CC2)c1. The summed E-state index contributed by atoms with van der Waals surface area (Å²) in [6.07, 6.45) is 3.80. The van der Waals surface area contributed by atoms with E-state index in [-0.39, 0.29) is 5.91 Å². The van der Waals surface area contributed by atoms with Crippen LogP contribution in [0, 0.1) is 6.92 Å². The second-order valence-electron chi connectivity index (χ2n) is 9.52. The van der Waals surface area contributed by atoms with Gasteiger partial charge in [-0.25, -0.2) is 9.97 Å². The minimum Gasteiger partial charge on any atom is -0.497 e. The molecule has 3 aromatic carbocycles. The van der Waals surface area contributed by atoms with E-state index in [9.17, 15) is 4.79 Å². The highest BCUT2D eigenvalue weighted by atomic mass is 16.5. The van der Waals surface area contributed by atoms with Gasteiger partial charge in [-0.15, -0.1) is 0 Å². The Morgan fingerprint density at radius 2 is 1.63 bits per heavy atom.